The van der Waals surface area contributed by atoms with E-state index in [0.717, 1.165) is 11.1 Å². The van der Waals surface area contributed by atoms with Gasteiger partial charge in [0.15, 0.2) is 5.49 Å². The number of halogens is 1. The van der Waals surface area contributed by atoms with Gasteiger partial charge in [-0.3, -0.25) is 0 Å². The molecule has 0 fully saturated rings. The molecule has 3 heterocycles. The minimum Gasteiger partial charge on any atom is -0.328 e. The Morgan fingerprint density at radius 1 is 1.26 bits per heavy atom. The van der Waals surface area contributed by atoms with Crippen LogP contribution in [-0.4, -0.2) is 29.8 Å². The SMILES string of the molecule is N#CN=c1c(Cn2cnnn2)cccn1Cc1ccc(Cl)nc1. The fourth-order valence-electron chi connectivity index (χ4n) is 2.15. The van der Waals surface area contributed by atoms with E-state index in [4.69, 9.17) is 16.9 Å². The highest BCUT2D eigenvalue weighted by Gasteiger charge is 2.05. The summed E-state index contributed by atoms with van der Waals surface area (Å²) in [7, 11) is 0. The van der Waals surface area contributed by atoms with Gasteiger partial charge in [0, 0.05) is 18.0 Å². The minimum atomic E-state index is 0.424. The summed E-state index contributed by atoms with van der Waals surface area (Å²) >= 11 is 5.80. The molecule has 9 heteroatoms. The molecule has 0 saturated heterocycles. The normalized spacial score (nSPS) is 11.4. The minimum absolute atomic E-state index is 0.424. The van der Waals surface area contributed by atoms with Crippen molar-refractivity contribution >= 4 is 11.6 Å². The standard InChI is InChI=1S/C14H11ClN8/c15-13-4-3-11(6-17-13)7-22-5-1-2-12(14(22)18-9-16)8-23-10-19-20-21-23/h1-6,10H,7-8H2. The third kappa shape index (κ3) is 3.59. The van der Waals surface area contributed by atoms with Crippen molar-refractivity contribution in [2.45, 2.75) is 13.1 Å². The van der Waals surface area contributed by atoms with E-state index in [1.807, 2.05) is 35.2 Å². The van der Waals surface area contributed by atoms with Crippen molar-refractivity contribution in [3.63, 3.8) is 0 Å². The maximum absolute atomic E-state index is 8.99. The van der Waals surface area contributed by atoms with E-state index in [1.165, 1.54) is 6.33 Å². The summed E-state index contributed by atoms with van der Waals surface area (Å²) in [4.78, 5) is 8.00. The Morgan fingerprint density at radius 3 is 2.87 bits per heavy atom. The first-order chi connectivity index (χ1) is 11.3. The average molecular weight is 327 g/mol. The van der Waals surface area contributed by atoms with E-state index >= 15 is 0 Å². The third-order valence-electron chi connectivity index (χ3n) is 3.14. The number of tetrazole rings is 1. The number of hydrogen-bond acceptors (Lipinski definition) is 6. The molecule has 0 saturated carbocycles. The van der Waals surface area contributed by atoms with Gasteiger partial charge in [0.25, 0.3) is 0 Å². The molecular formula is C14H11ClN8. The summed E-state index contributed by atoms with van der Waals surface area (Å²) in [5.74, 6) is 0. The molecule has 0 amide bonds. The van der Waals surface area contributed by atoms with E-state index in [9.17, 15) is 0 Å². The van der Waals surface area contributed by atoms with Crippen LogP contribution in [0.25, 0.3) is 0 Å². The maximum atomic E-state index is 8.99. The van der Waals surface area contributed by atoms with E-state index < -0.39 is 0 Å². The van der Waals surface area contributed by atoms with Crippen LogP contribution in [0.1, 0.15) is 11.1 Å². The molecule has 0 aliphatic carbocycles. The number of aromatic nitrogens is 6. The molecule has 0 aliphatic heterocycles. The monoisotopic (exact) mass is 326 g/mol. The van der Waals surface area contributed by atoms with Gasteiger partial charge in [0.1, 0.15) is 11.5 Å². The molecule has 8 nitrogen and oxygen atoms in total. The smallest absolute Gasteiger partial charge is 0.207 e. The molecule has 0 aromatic carbocycles. The molecule has 0 spiro atoms. The predicted octanol–water partition coefficient (Wildman–Crippen LogP) is 1.00. The van der Waals surface area contributed by atoms with Gasteiger partial charge in [-0.15, -0.1) is 5.10 Å². The molecule has 0 atom stereocenters. The van der Waals surface area contributed by atoms with Gasteiger partial charge in [0.2, 0.25) is 6.19 Å². The number of nitrogens with zero attached hydrogens (tertiary/aromatic N) is 8. The molecule has 0 aliphatic rings. The van der Waals surface area contributed by atoms with Crippen molar-refractivity contribution in [3.8, 4) is 6.19 Å². The number of rotatable bonds is 4. The zero-order valence-electron chi connectivity index (χ0n) is 11.9. The van der Waals surface area contributed by atoms with Crippen LogP contribution >= 0.6 is 11.6 Å². The van der Waals surface area contributed by atoms with Crippen LogP contribution in [0.4, 0.5) is 0 Å². The van der Waals surface area contributed by atoms with Gasteiger partial charge in [-0.25, -0.2) is 9.67 Å². The van der Waals surface area contributed by atoms with Gasteiger partial charge in [-0.1, -0.05) is 23.7 Å². The van der Waals surface area contributed by atoms with Crippen LogP contribution in [0.2, 0.25) is 5.15 Å². The summed E-state index contributed by atoms with van der Waals surface area (Å²) in [6.07, 6.45) is 6.91. The van der Waals surface area contributed by atoms with E-state index in [-0.39, 0.29) is 0 Å². The fraction of sp³-hybridized carbons (Fsp3) is 0.143. The first kappa shape index (κ1) is 14.9. The largest absolute Gasteiger partial charge is 0.328 e. The Kier molecular flexibility index (Phi) is 4.40. The first-order valence-electron chi connectivity index (χ1n) is 6.68. The highest BCUT2D eigenvalue weighted by molar-refractivity contribution is 6.29. The zero-order chi connectivity index (χ0) is 16.1. The van der Waals surface area contributed by atoms with Crippen LogP contribution in [0.3, 0.4) is 0 Å². The van der Waals surface area contributed by atoms with Gasteiger partial charge >= 0.3 is 0 Å². The van der Waals surface area contributed by atoms with Crippen molar-refractivity contribution in [3.05, 3.63) is 64.8 Å². The van der Waals surface area contributed by atoms with Gasteiger partial charge < -0.3 is 4.57 Å². The van der Waals surface area contributed by atoms with Crippen molar-refractivity contribution in [1.29, 1.82) is 5.26 Å². The molecular weight excluding hydrogens is 316 g/mol. The molecule has 23 heavy (non-hydrogen) atoms. The van der Waals surface area contributed by atoms with Crippen LogP contribution in [0.5, 0.6) is 0 Å². The average Bonchev–Trinajstić information content (AvgIpc) is 3.06. The van der Waals surface area contributed by atoms with Crippen molar-refractivity contribution in [2.24, 2.45) is 4.99 Å². The van der Waals surface area contributed by atoms with Gasteiger partial charge in [-0.2, -0.15) is 10.3 Å². The van der Waals surface area contributed by atoms with Crippen molar-refractivity contribution in [2.75, 3.05) is 0 Å². The second-order valence-corrected chi connectivity index (χ2v) is 5.08. The Morgan fingerprint density at radius 2 is 2.17 bits per heavy atom. The van der Waals surface area contributed by atoms with Crippen LogP contribution in [0, 0.1) is 11.5 Å². The molecule has 3 aromatic heterocycles. The zero-order valence-corrected chi connectivity index (χ0v) is 12.7. The van der Waals surface area contributed by atoms with Crippen LogP contribution in [-0.2, 0) is 13.1 Å². The lowest BCUT2D eigenvalue weighted by Crippen LogP contribution is -2.26. The Balaban J connectivity index is 1.98. The number of pyridine rings is 2. The lowest BCUT2D eigenvalue weighted by Gasteiger charge is -2.10. The molecule has 0 radical (unpaired) electrons. The van der Waals surface area contributed by atoms with Crippen molar-refractivity contribution in [1.82, 2.24) is 29.8 Å². The first-order valence-corrected chi connectivity index (χ1v) is 7.06. The predicted molar refractivity (Wildman–Crippen MR) is 80.9 cm³/mol. The molecule has 0 N–H and O–H groups in total. The Bertz CT molecular complexity index is 890. The Hall–Kier alpha value is -3.05. The maximum Gasteiger partial charge on any atom is 0.207 e. The molecule has 0 bridgehead atoms. The summed E-state index contributed by atoms with van der Waals surface area (Å²) < 4.78 is 3.44. The summed E-state index contributed by atoms with van der Waals surface area (Å²) in [5.41, 5.74) is 2.34. The van der Waals surface area contributed by atoms with E-state index in [1.54, 1.807) is 16.9 Å². The van der Waals surface area contributed by atoms with Crippen LogP contribution < -0.4 is 5.49 Å². The topological polar surface area (TPSA) is 97.6 Å². The van der Waals surface area contributed by atoms with Crippen LogP contribution in [0.15, 0.2) is 48.0 Å². The molecule has 114 valence electrons. The quantitative estimate of drug-likeness (QED) is 0.526. The van der Waals surface area contributed by atoms with Gasteiger partial charge in [0.05, 0.1) is 13.1 Å². The van der Waals surface area contributed by atoms with Gasteiger partial charge in [-0.05, 0) is 28.1 Å². The lowest BCUT2D eigenvalue weighted by molar-refractivity contribution is 0.628. The lowest BCUT2D eigenvalue weighted by atomic mass is 10.2. The molecule has 3 rings (SSSR count). The number of nitriles is 1. The summed E-state index contributed by atoms with van der Waals surface area (Å²) in [6.45, 7) is 0.946. The molecule has 3 aromatic rings. The fourth-order valence-corrected chi connectivity index (χ4v) is 2.26. The number of hydrogen-bond donors (Lipinski definition) is 0. The third-order valence-corrected chi connectivity index (χ3v) is 3.37. The van der Waals surface area contributed by atoms with E-state index in [0.29, 0.717) is 23.7 Å². The molecule has 0 unspecified atom stereocenters. The Labute approximate surface area is 136 Å². The highest BCUT2D eigenvalue weighted by Crippen LogP contribution is 2.06. The second kappa shape index (κ2) is 6.81. The highest BCUT2D eigenvalue weighted by atomic mass is 35.5. The van der Waals surface area contributed by atoms with E-state index in [2.05, 4.69) is 25.5 Å². The van der Waals surface area contributed by atoms with Crippen molar-refractivity contribution < 1.29 is 0 Å². The summed E-state index contributed by atoms with van der Waals surface area (Å²) in [5, 5.41) is 20.5. The summed E-state index contributed by atoms with van der Waals surface area (Å²) in [6, 6.07) is 7.38. The second-order valence-electron chi connectivity index (χ2n) is 4.69.